The number of hydrogen-bond donors (Lipinski definition) is 2. The molecule has 2 N–H and O–H groups in total. The zero-order valence-electron chi connectivity index (χ0n) is 14.2. The molecule has 132 valence electrons. The Morgan fingerprint density at radius 1 is 0.917 bits per heavy atom. The Morgan fingerprint density at radius 3 is 2.04 bits per heavy atom. The largest absolute Gasteiger partial charge is 0.307 e. The summed E-state index contributed by atoms with van der Waals surface area (Å²) in [5, 5.41) is 11.7. The Bertz CT molecular complexity index is 624. The van der Waals surface area contributed by atoms with E-state index in [0.29, 0.717) is 10.5 Å². The number of nitrogens with zero attached hydrogens (tertiary/aromatic N) is 1. The van der Waals surface area contributed by atoms with Crippen molar-refractivity contribution in [3.8, 4) is 0 Å². The highest BCUT2D eigenvalue weighted by Crippen LogP contribution is 2.66. The first-order valence-electron chi connectivity index (χ1n) is 9.42. The second-order valence-electron chi connectivity index (χ2n) is 7.27. The van der Waals surface area contributed by atoms with Crippen molar-refractivity contribution in [1.82, 2.24) is 9.87 Å². The average Bonchev–Trinajstić information content (AvgIpc) is 3.09. The lowest BCUT2D eigenvalue weighted by molar-refractivity contribution is 0.247. The van der Waals surface area contributed by atoms with Crippen molar-refractivity contribution >= 4 is 31.8 Å². The molecule has 1 aromatic heterocycles. The SMILES string of the molecule is ONS(c1nc2ccccc2s1)(C1CCCCC1)C1CCCCC1. The van der Waals surface area contributed by atoms with Gasteiger partial charge in [0.2, 0.25) is 0 Å². The number of benzene rings is 1. The van der Waals surface area contributed by atoms with E-state index in [-0.39, 0.29) is 0 Å². The molecule has 0 bridgehead atoms. The molecule has 0 aliphatic heterocycles. The molecule has 2 saturated carbocycles. The Balaban J connectivity index is 1.80. The minimum absolute atomic E-state index is 0.583. The predicted molar refractivity (Wildman–Crippen MR) is 104 cm³/mol. The molecule has 4 rings (SSSR count). The molecule has 5 heteroatoms. The predicted octanol–water partition coefficient (Wildman–Crippen LogP) is 6.02. The second kappa shape index (κ2) is 7.32. The van der Waals surface area contributed by atoms with Crippen LogP contribution in [-0.2, 0) is 0 Å². The molecule has 0 spiro atoms. The summed E-state index contributed by atoms with van der Waals surface area (Å²) < 4.78 is 2.45. The van der Waals surface area contributed by atoms with Crippen molar-refractivity contribution in [2.45, 2.75) is 79.0 Å². The summed E-state index contributed by atoms with van der Waals surface area (Å²) >= 11 is 1.82. The molecule has 2 aliphatic rings. The molecule has 2 fully saturated rings. The summed E-state index contributed by atoms with van der Waals surface area (Å²) in [5.41, 5.74) is 1.09. The van der Waals surface area contributed by atoms with Gasteiger partial charge in [0.15, 0.2) is 0 Å². The van der Waals surface area contributed by atoms with Gasteiger partial charge in [-0.3, -0.25) is 0 Å². The molecule has 0 atom stereocenters. The van der Waals surface area contributed by atoms with Crippen molar-refractivity contribution in [2.24, 2.45) is 0 Å². The number of thiazole rings is 1. The Kier molecular flexibility index (Phi) is 5.13. The van der Waals surface area contributed by atoms with Gasteiger partial charge in [0, 0.05) is 10.5 Å². The number of hydrogen-bond acceptors (Lipinski definition) is 4. The minimum Gasteiger partial charge on any atom is -0.307 e. The third-order valence-electron chi connectivity index (χ3n) is 5.87. The quantitative estimate of drug-likeness (QED) is 0.652. The highest BCUT2D eigenvalue weighted by Gasteiger charge is 2.44. The van der Waals surface area contributed by atoms with E-state index < -0.39 is 10.2 Å². The van der Waals surface area contributed by atoms with Gasteiger partial charge < -0.3 is 5.21 Å². The van der Waals surface area contributed by atoms with Crippen molar-refractivity contribution in [3.63, 3.8) is 0 Å². The Labute approximate surface area is 150 Å². The van der Waals surface area contributed by atoms with Crippen LogP contribution in [-0.4, -0.2) is 20.7 Å². The number of para-hydroxylation sites is 1. The molecule has 1 aromatic carbocycles. The van der Waals surface area contributed by atoms with Crippen molar-refractivity contribution in [1.29, 1.82) is 0 Å². The number of nitrogens with one attached hydrogen (secondary N) is 1. The number of rotatable bonds is 4. The van der Waals surface area contributed by atoms with Crippen LogP contribution in [0.2, 0.25) is 0 Å². The maximum atomic E-state index is 10.5. The zero-order chi connectivity index (χ0) is 16.4. The summed E-state index contributed by atoms with van der Waals surface area (Å²) in [6, 6.07) is 8.43. The van der Waals surface area contributed by atoms with E-state index in [1.165, 1.54) is 73.2 Å². The molecule has 1 heterocycles. The third-order valence-corrected chi connectivity index (χ3v) is 11.8. The van der Waals surface area contributed by atoms with Gasteiger partial charge in [-0.25, -0.2) is 4.98 Å². The smallest absolute Gasteiger partial charge is 0.148 e. The van der Waals surface area contributed by atoms with Crippen LogP contribution in [0.4, 0.5) is 0 Å². The van der Waals surface area contributed by atoms with Gasteiger partial charge in [-0.15, -0.1) is 21.6 Å². The summed E-state index contributed by atoms with van der Waals surface area (Å²) in [6.07, 6.45) is 12.9. The normalized spacial score (nSPS) is 22.0. The van der Waals surface area contributed by atoms with E-state index in [2.05, 4.69) is 29.2 Å². The third kappa shape index (κ3) is 2.90. The first-order valence-corrected chi connectivity index (χ1v) is 12.0. The van der Waals surface area contributed by atoms with E-state index in [4.69, 9.17) is 4.98 Å². The van der Waals surface area contributed by atoms with E-state index in [9.17, 15) is 5.21 Å². The molecule has 2 aromatic rings. The lowest BCUT2D eigenvalue weighted by atomic mass is 10.00. The van der Waals surface area contributed by atoms with Crippen LogP contribution in [0.15, 0.2) is 28.6 Å². The lowest BCUT2D eigenvalue weighted by Crippen LogP contribution is -2.39. The molecule has 3 nitrogen and oxygen atoms in total. The van der Waals surface area contributed by atoms with E-state index in [0.717, 1.165) is 5.52 Å². The van der Waals surface area contributed by atoms with Gasteiger partial charge in [-0.05, 0) is 37.8 Å². The van der Waals surface area contributed by atoms with Crippen LogP contribution in [0.25, 0.3) is 10.2 Å². The monoisotopic (exact) mass is 364 g/mol. The van der Waals surface area contributed by atoms with Gasteiger partial charge in [0.1, 0.15) is 4.34 Å². The highest BCUT2D eigenvalue weighted by molar-refractivity contribution is 8.34. The fourth-order valence-electron chi connectivity index (χ4n) is 4.61. The fraction of sp³-hybridized carbons (Fsp3) is 0.632. The molecule has 0 radical (unpaired) electrons. The first-order chi connectivity index (χ1) is 11.8. The van der Waals surface area contributed by atoms with E-state index in [1.807, 2.05) is 11.3 Å². The van der Waals surface area contributed by atoms with Crippen LogP contribution in [0.5, 0.6) is 0 Å². The summed E-state index contributed by atoms with van der Waals surface area (Å²) in [6.45, 7) is 0. The summed E-state index contributed by atoms with van der Waals surface area (Å²) in [7, 11) is -1.47. The molecule has 24 heavy (non-hydrogen) atoms. The second-order valence-corrected chi connectivity index (χ2v) is 11.9. The highest BCUT2D eigenvalue weighted by atomic mass is 32.3. The van der Waals surface area contributed by atoms with Crippen LogP contribution in [0, 0.1) is 0 Å². The topological polar surface area (TPSA) is 45.1 Å². The average molecular weight is 365 g/mol. The van der Waals surface area contributed by atoms with Crippen molar-refractivity contribution < 1.29 is 5.21 Å². The van der Waals surface area contributed by atoms with Crippen LogP contribution in [0.1, 0.15) is 64.2 Å². The number of aromatic nitrogens is 1. The van der Waals surface area contributed by atoms with Crippen molar-refractivity contribution in [2.75, 3.05) is 0 Å². The van der Waals surface area contributed by atoms with Crippen LogP contribution in [0.3, 0.4) is 0 Å². The van der Waals surface area contributed by atoms with Crippen molar-refractivity contribution in [3.05, 3.63) is 24.3 Å². The van der Waals surface area contributed by atoms with Gasteiger partial charge in [0.05, 0.1) is 10.2 Å². The van der Waals surface area contributed by atoms with Gasteiger partial charge in [0.25, 0.3) is 0 Å². The van der Waals surface area contributed by atoms with E-state index >= 15 is 0 Å². The van der Waals surface area contributed by atoms with Gasteiger partial charge in [-0.2, -0.15) is 4.89 Å². The first kappa shape index (κ1) is 16.8. The molecule has 0 saturated heterocycles. The van der Waals surface area contributed by atoms with Crippen LogP contribution >= 0.6 is 21.6 Å². The molecule has 0 unspecified atom stereocenters. The maximum absolute atomic E-state index is 10.5. The van der Waals surface area contributed by atoms with Crippen LogP contribution < -0.4 is 4.89 Å². The maximum Gasteiger partial charge on any atom is 0.148 e. The zero-order valence-corrected chi connectivity index (χ0v) is 15.9. The minimum atomic E-state index is -1.47. The lowest BCUT2D eigenvalue weighted by Gasteiger charge is -2.51. The standard InChI is InChI=1S/C19H28N2OS2/c22-21-24(15-9-3-1-4-10-15,16-11-5-2-6-12-16)19-20-17-13-7-8-14-18(17)23-19/h7-8,13-16,21-22H,1-6,9-12H2. The Hall–Kier alpha value is -0.620. The summed E-state index contributed by atoms with van der Waals surface area (Å²) in [5.74, 6) is 0. The molecule has 0 amide bonds. The Morgan fingerprint density at radius 2 is 1.50 bits per heavy atom. The van der Waals surface area contributed by atoms with Gasteiger partial charge >= 0.3 is 0 Å². The number of fused-ring (bicyclic) bond motifs is 1. The van der Waals surface area contributed by atoms with E-state index in [1.54, 1.807) is 0 Å². The fourth-order valence-corrected chi connectivity index (χ4v) is 11.0. The summed E-state index contributed by atoms with van der Waals surface area (Å²) in [4.78, 5) is 8.00. The molecular formula is C19H28N2OS2. The van der Waals surface area contributed by atoms with Gasteiger partial charge in [-0.1, -0.05) is 50.7 Å². The molecular weight excluding hydrogens is 336 g/mol. The molecule has 2 aliphatic carbocycles.